The predicted molar refractivity (Wildman–Crippen MR) is 125 cm³/mol. The Morgan fingerprint density at radius 1 is 1.00 bits per heavy atom. The third-order valence-electron chi connectivity index (χ3n) is 8.53. The third kappa shape index (κ3) is 3.58. The number of thiocarbonyl (C=S) groups is 2. The average molecular weight is 435 g/mol. The van der Waals surface area contributed by atoms with Crippen LogP contribution in [0.25, 0.3) is 0 Å². The SMILES string of the molecule is C[C@@]12CCC(NNC(N)=S)=C[C@H]1CC[C@@H]1[C@H]2CC[C@]2(C)C(NNC(N)=S)=CC[C@H]12. The molecule has 6 atom stereocenters. The zero-order valence-corrected chi connectivity index (χ0v) is 19.0. The first-order valence-corrected chi connectivity index (χ1v) is 11.6. The first-order valence-electron chi connectivity index (χ1n) is 10.8. The van der Waals surface area contributed by atoms with Gasteiger partial charge in [0.2, 0.25) is 0 Å². The van der Waals surface area contributed by atoms with E-state index in [-0.39, 0.29) is 10.5 Å². The normalized spacial score (nSPS) is 40.3. The highest BCUT2D eigenvalue weighted by atomic mass is 32.1. The minimum Gasteiger partial charge on any atom is -0.375 e. The van der Waals surface area contributed by atoms with Gasteiger partial charge >= 0.3 is 0 Å². The van der Waals surface area contributed by atoms with E-state index < -0.39 is 0 Å². The van der Waals surface area contributed by atoms with Gasteiger partial charge in [-0.05, 0) is 98.5 Å². The summed E-state index contributed by atoms with van der Waals surface area (Å²) in [4.78, 5) is 0. The van der Waals surface area contributed by atoms with Crippen molar-refractivity contribution in [3.8, 4) is 0 Å². The molecule has 0 aromatic carbocycles. The Kier molecular flexibility index (Phi) is 5.44. The maximum Gasteiger partial charge on any atom is 0.182 e. The second-order valence-electron chi connectivity index (χ2n) is 9.80. The summed E-state index contributed by atoms with van der Waals surface area (Å²) in [5.41, 5.74) is 26.7. The number of hydrogen-bond acceptors (Lipinski definition) is 4. The molecular formula is C21H34N6S2. The lowest BCUT2D eigenvalue weighted by Gasteiger charge is -2.59. The van der Waals surface area contributed by atoms with Gasteiger partial charge in [-0.2, -0.15) is 0 Å². The zero-order chi connectivity index (χ0) is 20.8. The molecule has 0 heterocycles. The van der Waals surface area contributed by atoms with Crippen molar-refractivity contribution >= 4 is 34.7 Å². The molecular weight excluding hydrogens is 400 g/mol. The first kappa shape index (κ1) is 20.7. The van der Waals surface area contributed by atoms with Gasteiger partial charge in [-0.1, -0.05) is 26.0 Å². The summed E-state index contributed by atoms with van der Waals surface area (Å²) < 4.78 is 0. The molecule has 0 unspecified atom stereocenters. The van der Waals surface area contributed by atoms with Crippen LogP contribution in [0.4, 0.5) is 0 Å². The number of hydrazine groups is 2. The molecule has 160 valence electrons. The van der Waals surface area contributed by atoms with Crippen molar-refractivity contribution in [1.29, 1.82) is 0 Å². The Balaban J connectivity index is 1.49. The molecule has 0 amide bonds. The molecule has 6 nitrogen and oxygen atoms in total. The molecule has 0 bridgehead atoms. The van der Waals surface area contributed by atoms with Crippen molar-refractivity contribution in [2.45, 2.75) is 58.8 Å². The minimum atomic E-state index is 0.195. The molecule has 29 heavy (non-hydrogen) atoms. The molecule has 4 aliphatic rings. The molecule has 0 radical (unpaired) electrons. The Hall–Kier alpha value is -1.54. The maximum absolute atomic E-state index is 5.63. The lowest BCUT2D eigenvalue weighted by atomic mass is 9.46. The van der Waals surface area contributed by atoms with E-state index in [0.29, 0.717) is 22.4 Å². The van der Waals surface area contributed by atoms with Crippen molar-refractivity contribution < 1.29 is 0 Å². The summed E-state index contributed by atoms with van der Waals surface area (Å²) in [5.74, 6) is 2.90. The molecule has 8 N–H and O–H groups in total. The van der Waals surface area contributed by atoms with E-state index in [1.807, 2.05) is 0 Å². The Morgan fingerprint density at radius 2 is 1.72 bits per heavy atom. The fourth-order valence-corrected chi connectivity index (χ4v) is 7.10. The van der Waals surface area contributed by atoms with E-state index in [1.54, 1.807) is 0 Å². The summed E-state index contributed by atoms with van der Waals surface area (Å²) >= 11 is 9.90. The Labute approximate surface area is 184 Å². The topological polar surface area (TPSA) is 100 Å². The first-order chi connectivity index (χ1) is 13.7. The fraction of sp³-hybridized carbons (Fsp3) is 0.714. The standard InChI is InChI=1S/C21H34N6S2/c1-20-9-7-13(24-26-18(22)28)11-12(20)3-4-14-15-5-6-17(25-27-19(23)29)21(15,2)10-8-16(14)20/h6,11-12,14-16,24-25H,3-5,7-10H2,1-2H3,(H3,22,26,28)(H3,23,27,29)/t12-,14+,15-,16-,20-,21+/m1/s1. The van der Waals surface area contributed by atoms with Crippen molar-refractivity contribution in [2.24, 2.45) is 46.0 Å². The third-order valence-corrected chi connectivity index (χ3v) is 8.73. The van der Waals surface area contributed by atoms with E-state index in [0.717, 1.165) is 24.7 Å². The van der Waals surface area contributed by atoms with E-state index in [4.69, 9.17) is 35.9 Å². The molecule has 4 rings (SSSR count). The quantitative estimate of drug-likeness (QED) is 0.297. The van der Waals surface area contributed by atoms with Gasteiger partial charge in [0.1, 0.15) is 0 Å². The van der Waals surface area contributed by atoms with Crippen LogP contribution in [0.15, 0.2) is 23.5 Å². The van der Waals surface area contributed by atoms with Gasteiger partial charge in [0, 0.05) is 16.8 Å². The number of hydrogen-bond donors (Lipinski definition) is 6. The van der Waals surface area contributed by atoms with Crippen LogP contribution in [0.3, 0.4) is 0 Å². The van der Waals surface area contributed by atoms with Crippen LogP contribution in [0, 0.1) is 34.5 Å². The maximum atomic E-state index is 5.63. The van der Waals surface area contributed by atoms with Crippen LogP contribution in [0.1, 0.15) is 58.8 Å². The molecule has 4 aliphatic carbocycles. The van der Waals surface area contributed by atoms with Crippen molar-refractivity contribution in [3.63, 3.8) is 0 Å². The van der Waals surface area contributed by atoms with Gasteiger partial charge < -0.3 is 22.3 Å². The van der Waals surface area contributed by atoms with Crippen molar-refractivity contribution in [2.75, 3.05) is 0 Å². The summed E-state index contributed by atoms with van der Waals surface area (Å²) in [6.45, 7) is 4.97. The monoisotopic (exact) mass is 434 g/mol. The van der Waals surface area contributed by atoms with Gasteiger partial charge in [-0.15, -0.1) is 0 Å². The molecule has 2 saturated carbocycles. The highest BCUT2D eigenvalue weighted by Crippen LogP contribution is 2.65. The molecule has 0 aliphatic heterocycles. The van der Waals surface area contributed by atoms with Crippen molar-refractivity contribution in [1.82, 2.24) is 21.7 Å². The summed E-state index contributed by atoms with van der Waals surface area (Å²) in [6.07, 6.45) is 13.3. The van der Waals surface area contributed by atoms with E-state index in [1.165, 1.54) is 43.5 Å². The smallest absolute Gasteiger partial charge is 0.182 e. The van der Waals surface area contributed by atoms with Crippen LogP contribution in [0.5, 0.6) is 0 Å². The Morgan fingerprint density at radius 3 is 2.45 bits per heavy atom. The zero-order valence-electron chi connectivity index (χ0n) is 17.4. The number of fused-ring (bicyclic) bond motifs is 5. The number of rotatable bonds is 4. The molecule has 0 saturated heterocycles. The van der Waals surface area contributed by atoms with E-state index in [2.05, 4.69) is 47.7 Å². The highest BCUT2D eigenvalue weighted by Gasteiger charge is 2.58. The number of nitrogens with two attached hydrogens (primary N) is 2. The molecule has 0 spiro atoms. The second kappa shape index (κ2) is 7.61. The molecule has 2 fully saturated rings. The average Bonchev–Trinajstić information content (AvgIpc) is 3.01. The van der Waals surface area contributed by atoms with Gasteiger partial charge in [-0.3, -0.25) is 10.9 Å². The fourth-order valence-electron chi connectivity index (χ4n) is 7.00. The van der Waals surface area contributed by atoms with E-state index >= 15 is 0 Å². The van der Waals surface area contributed by atoms with Gasteiger partial charge in [0.05, 0.1) is 0 Å². The van der Waals surface area contributed by atoms with Gasteiger partial charge in [0.25, 0.3) is 0 Å². The summed E-state index contributed by atoms with van der Waals surface area (Å²) in [7, 11) is 0. The largest absolute Gasteiger partial charge is 0.375 e. The van der Waals surface area contributed by atoms with Crippen LogP contribution in [0.2, 0.25) is 0 Å². The van der Waals surface area contributed by atoms with Gasteiger partial charge in [0.15, 0.2) is 10.2 Å². The van der Waals surface area contributed by atoms with Crippen LogP contribution in [-0.2, 0) is 0 Å². The lowest BCUT2D eigenvalue weighted by Crippen LogP contribution is -2.54. The molecule has 0 aromatic heterocycles. The molecule has 8 heteroatoms. The van der Waals surface area contributed by atoms with Crippen LogP contribution < -0.4 is 33.2 Å². The summed E-state index contributed by atoms with van der Waals surface area (Å²) in [5, 5.41) is 0.584. The second-order valence-corrected chi connectivity index (χ2v) is 10.7. The van der Waals surface area contributed by atoms with Crippen LogP contribution in [-0.4, -0.2) is 10.2 Å². The van der Waals surface area contributed by atoms with Gasteiger partial charge in [-0.25, -0.2) is 0 Å². The Bertz CT molecular complexity index is 764. The lowest BCUT2D eigenvalue weighted by molar-refractivity contribution is -0.0783. The number of allylic oxidation sites excluding steroid dienone is 4. The highest BCUT2D eigenvalue weighted by molar-refractivity contribution is 7.80. The predicted octanol–water partition coefficient (Wildman–Crippen LogP) is 2.69. The molecule has 0 aromatic rings. The minimum absolute atomic E-state index is 0.195. The van der Waals surface area contributed by atoms with Crippen molar-refractivity contribution in [3.05, 3.63) is 23.5 Å². The summed E-state index contributed by atoms with van der Waals surface area (Å²) in [6, 6.07) is 0. The number of nitrogens with one attached hydrogen (secondary N) is 4. The van der Waals surface area contributed by atoms with Crippen LogP contribution >= 0.6 is 24.4 Å². The van der Waals surface area contributed by atoms with E-state index in [9.17, 15) is 0 Å².